The number of rotatable bonds is 10. The number of para-hydroxylation sites is 1. The SMILES string of the molecule is CCCCN(C(=O)C(CO)NC(=O)OC(C)(C)C)C(C(=O)Nc1ccccc1C)c1cccc(O)c1. The first-order chi connectivity index (χ1) is 17.0. The van der Waals surface area contributed by atoms with Crippen molar-refractivity contribution in [3.63, 3.8) is 0 Å². The molecule has 3 amide bonds. The second-order valence-corrected chi connectivity index (χ2v) is 9.57. The van der Waals surface area contributed by atoms with Gasteiger partial charge in [0.05, 0.1) is 6.61 Å². The minimum Gasteiger partial charge on any atom is -0.508 e. The lowest BCUT2D eigenvalue weighted by molar-refractivity contribution is -0.141. The van der Waals surface area contributed by atoms with Crippen molar-refractivity contribution in [1.82, 2.24) is 10.2 Å². The van der Waals surface area contributed by atoms with Crippen LogP contribution in [0.4, 0.5) is 10.5 Å². The molecule has 0 aliphatic carbocycles. The summed E-state index contributed by atoms with van der Waals surface area (Å²) in [6.07, 6.45) is 0.450. The van der Waals surface area contributed by atoms with E-state index in [4.69, 9.17) is 4.74 Å². The number of hydrogen-bond donors (Lipinski definition) is 4. The number of ether oxygens (including phenoxy) is 1. The van der Waals surface area contributed by atoms with Gasteiger partial charge >= 0.3 is 6.09 Å². The Hall–Kier alpha value is -3.59. The Morgan fingerprint density at radius 2 is 1.78 bits per heavy atom. The van der Waals surface area contributed by atoms with Crippen molar-refractivity contribution in [2.24, 2.45) is 0 Å². The smallest absolute Gasteiger partial charge is 0.408 e. The lowest BCUT2D eigenvalue weighted by Gasteiger charge is -2.34. The van der Waals surface area contributed by atoms with E-state index in [0.29, 0.717) is 17.7 Å². The number of anilines is 1. The summed E-state index contributed by atoms with van der Waals surface area (Å²) in [5, 5.41) is 25.4. The summed E-state index contributed by atoms with van der Waals surface area (Å²) in [7, 11) is 0. The molecule has 2 aromatic carbocycles. The maximum absolute atomic E-state index is 13.7. The number of phenolic OH excluding ortho intramolecular Hbond substituents is 1. The molecule has 0 saturated heterocycles. The summed E-state index contributed by atoms with van der Waals surface area (Å²) in [6, 6.07) is 10.9. The van der Waals surface area contributed by atoms with Crippen molar-refractivity contribution in [1.29, 1.82) is 0 Å². The van der Waals surface area contributed by atoms with Gasteiger partial charge in [-0.1, -0.05) is 43.7 Å². The molecule has 9 heteroatoms. The van der Waals surface area contributed by atoms with Crippen LogP contribution in [0.15, 0.2) is 48.5 Å². The van der Waals surface area contributed by atoms with Crippen LogP contribution in [-0.2, 0) is 14.3 Å². The maximum Gasteiger partial charge on any atom is 0.408 e. The van der Waals surface area contributed by atoms with Gasteiger partial charge in [0, 0.05) is 12.2 Å². The van der Waals surface area contributed by atoms with Crippen LogP contribution in [0.1, 0.15) is 57.7 Å². The van der Waals surface area contributed by atoms with E-state index in [-0.39, 0.29) is 12.3 Å². The number of aromatic hydroxyl groups is 1. The number of benzene rings is 2. The molecule has 2 unspecified atom stereocenters. The Morgan fingerprint density at radius 1 is 1.08 bits per heavy atom. The number of hydrogen-bond acceptors (Lipinski definition) is 6. The van der Waals surface area contributed by atoms with E-state index in [2.05, 4.69) is 10.6 Å². The number of unbranched alkanes of at least 4 members (excludes halogenated alkanes) is 1. The molecule has 2 aromatic rings. The zero-order valence-corrected chi connectivity index (χ0v) is 21.6. The molecule has 9 nitrogen and oxygen atoms in total. The second-order valence-electron chi connectivity index (χ2n) is 9.57. The quantitative estimate of drug-likeness (QED) is 0.393. The van der Waals surface area contributed by atoms with E-state index < -0.39 is 42.2 Å². The molecule has 0 heterocycles. The second kappa shape index (κ2) is 12.9. The zero-order valence-electron chi connectivity index (χ0n) is 21.6. The zero-order chi connectivity index (χ0) is 26.9. The Balaban J connectivity index is 2.47. The largest absolute Gasteiger partial charge is 0.508 e. The van der Waals surface area contributed by atoms with E-state index >= 15 is 0 Å². The molecule has 0 radical (unpaired) electrons. The van der Waals surface area contributed by atoms with Crippen molar-refractivity contribution in [2.45, 2.75) is 65.1 Å². The number of carbonyl (C=O) groups excluding carboxylic acids is 3. The van der Waals surface area contributed by atoms with Crippen molar-refractivity contribution < 1.29 is 29.3 Å². The normalized spacial score (nSPS) is 12.8. The first kappa shape index (κ1) is 28.6. The molecular formula is C27H37N3O6. The highest BCUT2D eigenvalue weighted by molar-refractivity contribution is 5.99. The fourth-order valence-corrected chi connectivity index (χ4v) is 3.61. The maximum atomic E-state index is 13.7. The molecule has 0 aromatic heterocycles. The van der Waals surface area contributed by atoms with E-state index in [1.165, 1.54) is 17.0 Å². The lowest BCUT2D eigenvalue weighted by atomic mass is 10.0. The molecule has 2 rings (SSSR count). The third kappa shape index (κ3) is 8.27. The van der Waals surface area contributed by atoms with Crippen LogP contribution in [-0.4, -0.2) is 57.8 Å². The summed E-state index contributed by atoms with van der Waals surface area (Å²) in [6.45, 7) is 8.35. The number of amides is 3. The average molecular weight is 500 g/mol. The molecule has 4 N–H and O–H groups in total. The Labute approximate surface area is 212 Å². The molecule has 0 aliphatic rings. The number of nitrogens with zero attached hydrogens (tertiary/aromatic N) is 1. The van der Waals surface area contributed by atoms with Gasteiger partial charge in [-0.2, -0.15) is 0 Å². The number of aryl methyl sites for hydroxylation is 1. The number of alkyl carbamates (subject to hydrolysis) is 1. The predicted octanol–water partition coefficient (Wildman–Crippen LogP) is 3.89. The lowest BCUT2D eigenvalue weighted by Crippen LogP contribution is -2.54. The van der Waals surface area contributed by atoms with Gasteiger partial charge in [0.1, 0.15) is 23.4 Å². The summed E-state index contributed by atoms with van der Waals surface area (Å²) in [5.74, 6) is -1.20. The molecule has 0 aliphatic heterocycles. The van der Waals surface area contributed by atoms with E-state index in [9.17, 15) is 24.6 Å². The van der Waals surface area contributed by atoms with E-state index in [1.807, 2.05) is 26.0 Å². The first-order valence-corrected chi connectivity index (χ1v) is 12.0. The van der Waals surface area contributed by atoms with Gasteiger partial charge in [-0.25, -0.2) is 4.79 Å². The molecular weight excluding hydrogens is 462 g/mol. The highest BCUT2D eigenvalue weighted by Crippen LogP contribution is 2.28. The van der Waals surface area contributed by atoms with Crippen molar-refractivity contribution in [3.8, 4) is 5.75 Å². The molecule has 0 saturated carbocycles. The molecule has 196 valence electrons. The number of aliphatic hydroxyl groups excluding tert-OH is 1. The van der Waals surface area contributed by atoms with Crippen molar-refractivity contribution in [3.05, 3.63) is 59.7 Å². The van der Waals surface area contributed by atoms with Gasteiger partial charge in [0.2, 0.25) is 5.91 Å². The van der Waals surface area contributed by atoms with Gasteiger partial charge in [-0.05, 0) is 63.4 Å². The standard InChI is InChI=1S/C27H37N3O6/c1-6-7-15-30(25(34)22(17-31)29-26(35)36-27(3,4)5)23(19-12-10-13-20(32)16-19)24(33)28-21-14-9-8-11-18(21)2/h8-14,16,22-23,31-32H,6-7,15,17H2,1-5H3,(H,28,33)(H,29,35). The highest BCUT2D eigenvalue weighted by atomic mass is 16.6. The van der Waals surface area contributed by atoms with Gasteiger partial charge < -0.3 is 30.5 Å². The third-order valence-electron chi connectivity index (χ3n) is 5.36. The van der Waals surface area contributed by atoms with E-state index in [1.54, 1.807) is 45.0 Å². The summed E-state index contributed by atoms with van der Waals surface area (Å²) >= 11 is 0. The Bertz CT molecular complexity index is 1050. The fraction of sp³-hybridized carbons (Fsp3) is 0.444. The van der Waals surface area contributed by atoms with E-state index in [0.717, 1.165) is 12.0 Å². The Kier molecular flexibility index (Phi) is 10.3. The molecule has 2 atom stereocenters. The number of phenols is 1. The summed E-state index contributed by atoms with van der Waals surface area (Å²) in [4.78, 5) is 41.0. The molecule has 0 fully saturated rings. The molecule has 36 heavy (non-hydrogen) atoms. The van der Waals surface area contributed by atoms with Crippen molar-refractivity contribution >= 4 is 23.6 Å². The monoisotopic (exact) mass is 499 g/mol. The molecule has 0 bridgehead atoms. The van der Waals surface area contributed by atoms with Crippen LogP contribution >= 0.6 is 0 Å². The minimum absolute atomic E-state index is 0.0605. The predicted molar refractivity (Wildman–Crippen MR) is 138 cm³/mol. The van der Waals surface area contributed by atoms with Gasteiger partial charge in [-0.3, -0.25) is 9.59 Å². The minimum atomic E-state index is -1.33. The number of aliphatic hydroxyl groups is 1. The molecule has 0 spiro atoms. The van der Waals surface area contributed by atoms with Crippen molar-refractivity contribution in [2.75, 3.05) is 18.5 Å². The van der Waals surface area contributed by atoms with Gasteiger partial charge in [-0.15, -0.1) is 0 Å². The van der Waals surface area contributed by atoms with Gasteiger partial charge in [0.15, 0.2) is 0 Å². The Morgan fingerprint density at radius 3 is 2.36 bits per heavy atom. The van der Waals surface area contributed by atoms with Crippen LogP contribution in [0, 0.1) is 6.92 Å². The third-order valence-corrected chi connectivity index (χ3v) is 5.36. The first-order valence-electron chi connectivity index (χ1n) is 12.0. The van der Waals surface area contributed by atoms with Crippen LogP contribution < -0.4 is 10.6 Å². The van der Waals surface area contributed by atoms with Crippen LogP contribution in [0.3, 0.4) is 0 Å². The van der Waals surface area contributed by atoms with Crippen LogP contribution in [0.2, 0.25) is 0 Å². The van der Waals surface area contributed by atoms with Crippen LogP contribution in [0.5, 0.6) is 5.75 Å². The number of carbonyl (C=O) groups is 3. The fourth-order valence-electron chi connectivity index (χ4n) is 3.61. The topological polar surface area (TPSA) is 128 Å². The van der Waals surface area contributed by atoms with Gasteiger partial charge in [0.25, 0.3) is 5.91 Å². The number of nitrogens with one attached hydrogen (secondary N) is 2. The van der Waals surface area contributed by atoms with Crippen LogP contribution in [0.25, 0.3) is 0 Å². The summed E-state index contributed by atoms with van der Waals surface area (Å²) in [5.41, 5.74) is 1.01. The highest BCUT2D eigenvalue weighted by Gasteiger charge is 2.36. The summed E-state index contributed by atoms with van der Waals surface area (Å²) < 4.78 is 5.24. The average Bonchev–Trinajstić information content (AvgIpc) is 2.80.